The van der Waals surface area contributed by atoms with E-state index in [4.69, 9.17) is 10.5 Å². The number of H-pyrrole nitrogens is 1. The molecule has 4 aromatic rings. The minimum Gasteiger partial charge on any atom is -0.493 e. The first-order chi connectivity index (χ1) is 19.0. The van der Waals surface area contributed by atoms with Gasteiger partial charge in [-0.15, -0.1) is 0 Å². The van der Waals surface area contributed by atoms with Gasteiger partial charge in [-0.25, -0.2) is 9.97 Å². The minimum absolute atomic E-state index is 0.282. The number of hydrogen-bond acceptors (Lipinski definition) is 5. The number of aromatic nitrogens is 3. The average Bonchev–Trinajstić information content (AvgIpc) is 3.46. The Bertz CT molecular complexity index is 1470. The summed E-state index contributed by atoms with van der Waals surface area (Å²) in [6.45, 7) is 2.15. The van der Waals surface area contributed by atoms with E-state index in [9.17, 15) is 9.59 Å². The number of aromatic amines is 1. The molecule has 2 amide bonds. The monoisotopic (exact) mass is 525 g/mol. The third kappa shape index (κ3) is 5.46. The number of likely N-dealkylation sites (tertiary alicyclic amines) is 1. The maximum Gasteiger partial charge on any atom is 0.248 e. The Morgan fingerprint density at radius 3 is 2.62 bits per heavy atom. The lowest BCUT2D eigenvalue weighted by Crippen LogP contribution is -2.42. The maximum absolute atomic E-state index is 13.3. The number of rotatable bonds is 7. The van der Waals surface area contributed by atoms with E-state index in [1.165, 1.54) is 10.9 Å². The molecule has 1 saturated carbocycles. The molecule has 39 heavy (non-hydrogen) atoms. The van der Waals surface area contributed by atoms with Crippen molar-refractivity contribution >= 4 is 33.8 Å². The van der Waals surface area contributed by atoms with Crippen molar-refractivity contribution in [2.45, 2.75) is 50.9 Å². The molecule has 4 heterocycles. The van der Waals surface area contributed by atoms with E-state index >= 15 is 0 Å². The topological polar surface area (TPSA) is 114 Å². The zero-order valence-electron chi connectivity index (χ0n) is 22.1. The molecule has 2 aliphatic rings. The zero-order valence-corrected chi connectivity index (χ0v) is 22.1. The largest absolute Gasteiger partial charge is 0.493 e. The molecule has 1 aromatic carbocycles. The highest BCUT2D eigenvalue weighted by Gasteiger charge is 2.29. The molecule has 8 heteroatoms. The SMILES string of the molecule is NC(=O)c1ccc(OCC2CCCN(C(=O)CC3CCC(c4cc[nH]c5cnc6nccc6c45)CC3)C2)cc1. The van der Waals surface area contributed by atoms with Crippen molar-refractivity contribution in [3.05, 3.63) is 66.1 Å². The third-order valence-electron chi connectivity index (χ3n) is 8.57. The molecule has 3 N–H and O–H groups in total. The number of amides is 2. The van der Waals surface area contributed by atoms with Crippen LogP contribution in [0, 0.1) is 11.8 Å². The van der Waals surface area contributed by atoms with Gasteiger partial charge < -0.3 is 20.4 Å². The summed E-state index contributed by atoms with van der Waals surface area (Å²) in [7, 11) is 0. The van der Waals surface area contributed by atoms with Gasteiger partial charge in [-0.3, -0.25) is 9.59 Å². The molecule has 1 aliphatic carbocycles. The number of pyridine rings is 2. The number of fused-ring (bicyclic) bond motifs is 3. The first-order valence-corrected chi connectivity index (χ1v) is 14.1. The lowest BCUT2D eigenvalue weighted by Gasteiger charge is -2.35. The van der Waals surface area contributed by atoms with Crippen LogP contribution >= 0.6 is 0 Å². The molecule has 1 aliphatic heterocycles. The quantitative estimate of drug-likeness (QED) is 0.345. The van der Waals surface area contributed by atoms with Gasteiger partial charge in [-0.1, -0.05) is 0 Å². The fraction of sp³-hybridized carbons (Fsp3) is 0.419. The molecular formula is C31H35N5O3. The van der Waals surface area contributed by atoms with Crippen LogP contribution in [0.3, 0.4) is 0 Å². The number of nitrogens with two attached hydrogens (primary N) is 1. The number of nitrogens with one attached hydrogen (secondary N) is 1. The van der Waals surface area contributed by atoms with Crippen molar-refractivity contribution < 1.29 is 14.3 Å². The van der Waals surface area contributed by atoms with E-state index in [0.29, 0.717) is 36.3 Å². The van der Waals surface area contributed by atoms with Gasteiger partial charge in [0.25, 0.3) is 0 Å². The van der Waals surface area contributed by atoms with Crippen LogP contribution in [0.5, 0.6) is 5.75 Å². The first-order valence-electron chi connectivity index (χ1n) is 14.1. The number of piperidine rings is 1. The summed E-state index contributed by atoms with van der Waals surface area (Å²) in [5, 5.41) is 2.35. The number of carbonyl (C=O) groups excluding carboxylic acids is 2. The molecule has 3 aromatic heterocycles. The maximum atomic E-state index is 13.3. The Balaban J connectivity index is 1.02. The van der Waals surface area contributed by atoms with Crippen LogP contribution in [0.1, 0.15) is 66.8 Å². The Morgan fingerprint density at radius 1 is 1.00 bits per heavy atom. The molecular weight excluding hydrogens is 490 g/mol. The highest BCUT2D eigenvalue weighted by molar-refractivity contribution is 6.05. The van der Waals surface area contributed by atoms with Gasteiger partial charge >= 0.3 is 0 Å². The molecule has 0 bridgehead atoms. The molecule has 1 saturated heterocycles. The molecule has 8 nitrogen and oxygen atoms in total. The molecule has 1 atom stereocenters. The van der Waals surface area contributed by atoms with Crippen LogP contribution in [-0.2, 0) is 4.79 Å². The summed E-state index contributed by atoms with van der Waals surface area (Å²) < 4.78 is 5.96. The Labute approximate surface area is 227 Å². The van der Waals surface area contributed by atoms with Crippen LogP contribution in [0.25, 0.3) is 21.9 Å². The second kappa shape index (κ2) is 11.0. The van der Waals surface area contributed by atoms with E-state index in [-0.39, 0.29) is 5.91 Å². The smallest absolute Gasteiger partial charge is 0.248 e. The summed E-state index contributed by atoms with van der Waals surface area (Å²) in [5.41, 5.74) is 9.00. The molecule has 0 radical (unpaired) electrons. The summed E-state index contributed by atoms with van der Waals surface area (Å²) >= 11 is 0. The van der Waals surface area contributed by atoms with Gasteiger partial charge in [0.1, 0.15) is 5.75 Å². The van der Waals surface area contributed by atoms with Crippen LogP contribution in [-0.4, -0.2) is 51.4 Å². The molecule has 0 spiro atoms. The third-order valence-corrected chi connectivity index (χ3v) is 8.57. The Morgan fingerprint density at radius 2 is 1.82 bits per heavy atom. The van der Waals surface area contributed by atoms with Crippen molar-refractivity contribution in [3.8, 4) is 5.75 Å². The van der Waals surface area contributed by atoms with Gasteiger partial charge in [-0.2, -0.15) is 0 Å². The van der Waals surface area contributed by atoms with Crippen molar-refractivity contribution in [1.29, 1.82) is 0 Å². The van der Waals surface area contributed by atoms with Crippen LogP contribution in [0.4, 0.5) is 0 Å². The standard InChI is InChI=1S/C31H35N5O3/c32-30(38)23-7-9-24(10-8-23)39-19-21-2-1-15-36(18-21)28(37)16-20-3-5-22(6-4-20)25-11-13-33-27-17-35-31-26(29(25)27)12-14-34-31/h7-14,17,20-22,33H,1-6,15-16,18-19H2,(H2,32,38). The van der Waals surface area contributed by atoms with E-state index in [1.807, 2.05) is 23.5 Å². The van der Waals surface area contributed by atoms with Gasteiger partial charge in [0.2, 0.25) is 11.8 Å². The van der Waals surface area contributed by atoms with E-state index in [1.54, 1.807) is 24.3 Å². The number of benzene rings is 1. The summed E-state index contributed by atoms with van der Waals surface area (Å²) in [6.07, 6.45) is 12.8. The number of hydrogen-bond donors (Lipinski definition) is 2. The van der Waals surface area contributed by atoms with Crippen molar-refractivity contribution in [3.63, 3.8) is 0 Å². The summed E-state index contributed by atoms with van der Waals surface area (Å²) in [5.74, 6) is 1.80. The minimum atomic E-state index is -0.446. The lowest BCUT2D eigenvalue weighted by atomic mass is 9.76. The number of primary amides is 1. The van der Waals surface area contributed by atoms with Crippen LogP contribution in [0.2, 0.25) is 0 Å². The second-order valence-corrected chi connectivity index (χ2v) is 11.1. The van der Waals surface area contributed by atoms with Crippen molar-refractivity contribution in [2.24, 2.45) is 17.6 Å². The van der Waals surface area contributed by atoms with Crippen molar-refractivity contribution in [1.82, 2.24) is 19.9 Å². The van der Waals surface area contributed by atoms with E-state index in [2.05, 4.69) is 27.1 Å². The van der Waals surface area contributed by atoms with Gasteiger partial charge in [-0.05, 0) is 92.3 Å². The number of nitrogens with zero attached hydrogens (tertiary/aromatic N) is 3. The van der Waals surface area contributed by atoms with Crippen molar-refractivity contribution in [2.75, 3.05) is 19.7 Å². The predicted molar refractivity (Wildman–Crippen MR) is 150 cm³/mol. The number of ether oxygens (including phenoxy) is 1. The molecule has 202 valence electrons. The van der Waals surface area contributed by atoms with Crippen LogP contribution < -0.4 is 10.5 Å². The Kier molecular flexibility index (Phi) is 7.18. The van der Waals surface area contributed by atoms with Gasteiger partial charge in [0.05, 0.1) is 18.3 Å². The highest BCUT2D eigenvalue weighted by Crippen LogP contribution is 2.41. The molecule has 2 fully saturated rings. The normalized spacial score (nSPS) is 21.7. The van der Waals surface area contributed by atoms with E-state index in [0.717, 1.165) is 73.9 Å². The molecule has 6 rings (SSSR count). The predicted octanol–water partition coefficient (Wildman–Crippen LogP) is 5.19. The highest BCUT2D eigenvalue weighted by atomic mass is 16.5. The fourth-order valence-electron chi connectivity index (χ4n) is 6.44. The van der Waals surface area contributed by atoms with E-state index < -0.39 is 5.91 Å². The lowest BCUT2D eigenvalue weighted by molar-refractivity contribution is -0.134. The summed E-state index contributed by atoms with van der Waals surface area (Å²) in [6, 6.07) is 11.2. The first kappa shape index (κ1) is 25.3. The fourth-order valence-corrected chi connectivity index (χ4v) is 6.44. The van der Waals surface area contributed by atoms with Gasteiger partial charge in [0.15, 0.2) is 5.65 Å². The van der Waals surface area contributed by atoms with Crippen LogP contribution in [0.15, 0.2) is 55.0 Å². The number of carbonyl (C=O) groups is 2. The molecule has 1 unspecified atom stereocenters. The Hall–Kier alpha value is -3.94. The zero-order chi connectivity index (χ0) is 26.8. The summed E-state index contributed by atoms with van der Waals surface area (Å²) in [4.78, 5) is 38.8. The van der Waals surface area contributed by atoms with Gasteiger partial charge in [0, 0.05) is 54.2 Å². The second-order valence-electron chi connectivity index (χ2n) is 11.1. The average molecular weight is 526 g/mol.